The monoisotopic (exact) mass is 327 g/mol. The Kier molecular flexibility index (Phi) is 4.56. The summed E-state index contributed by atoms with van der Waals surface area (Å²) in [5, 5.41) is 5.68. The Hall–Kier alpha value is -0.390. The van der Waals surface area contributed by atoms with Crippen LogP contribution in [0.3, 0.4) is 0 Å². The van der Waals surface area contributed by atoms with Gasteiger partial charge >= 0.3 is 0 Å². The molecule has 106 valence electrons. The Bertz CT molecular complexity index is 403. The predicted octanol–water partition coefficient (Wildman–Crippen LogP) is 2.59. The summed E-state index contributed by atoms with van der Waals surface area (Å²) >= 11 is 3.50. The van der Waals surface area contributed by atoms with Crippen LogP contribution in [0.1, 0.15) is 37.4 Å². The molecule has 1 aliphatic heterocycles. The van der Waals surface area contributed by atoms with Gasteiger partial charge in [-0.05, 0) is 18.9 Å². The maximum absolute atomic E-state index is 5.67. The second-order valence-corrected chi connectivity index (χ2v) is 6.26. The fourth-order valence-electron chi connectivity index (χ4n) is 3.08. The summed E-state index contributed by atoms with van der Waals surface area (Å²) in [5.74, 6) is 0. The average Bonchev–Trinajstić information content (AvgIpc) is 3.09. The first kappa shape index (κ1) is 13.6. The minimum absolute atomic E-state index is 0.325. The normalized spacial score (nSPS) is 26.1. The van der Waals surface area contributed by atoms with Gasteiger partial charge in [-0.1, -0.05) is 28.8 Å². The van der Waals surface area contributed by atoms with Crippen LogP contribution in [0.5, 0.6) is 0 Å². The molecule has 1 atom stereocenters. The lowest BCUT2D eigenvalue weighted by Crippen LogP contribution is -2.42. The molecule has 0 aromatic carbocycles. The molecule has 0 bridgehead atoms. The van der Waals surface area contributed by atoms with Crippen molar-refractivity contribution in [1.82, 2.24) is 14.7 Å². The quantitative estimate of drug-likeness (QED) is 0.796. The highest BCUT2D eigenvalue weighted by molar-refractivity contribution is 9.09. The van der Waals surface area contributed by atoms with Crippen LogP contribution in [0.4, 0.5) is 0 Å². The lowest BCUT2D eigenvalue weighted by atomic mass is 10.3. The van der Waals surface area contributed by atoms with Gasteiger partial charge in [0.25, 0.3) is 0 Å². The molecule has 1 aromatic heterocycles. The van der Waals surface area contributed by atoms with Gasteiger partial charge < -0.3 is 4.74 Å². The highest BCUT2D eigenvalue weighted by Crippen LogP contribution is 2.28. The van der Waals surface area contributed by atoms with E-state index in [1.165, 1.54) is 31.4 Å². The second kappa shape index (κ2) is 6.37. The summed E-state index contributed by atoms with van der Waals surface area (Å²) in [7, 11) is 0. The molecular weight excluding hydrogens is 306 g/mol. The smallest absolute Gasteiger partial charge is 0.0799 e. The molecular formula is C14H22BrN3O. The van der Waals surface area contributed by atoms with E-state index in [0.717, 1.165) is 31.6 Å². The first-order chi connectivity index (χ1) is 9.35. The van der Waals surface area contributed by atoms with Crippen LogP contribution in [0.25, 0.3) is 0 Å². The topological polar surface area (TPSA) is 30.3 Å². The molecule has 1 aromatic rings. The molecule has 3 rings (SSSR count). The molecule has 2 fully saturated rings. The van der Waals surface area contributed by atoms with Crippen molar-refractivity contribution in [1.29, 1.82) is 0 Å². The third-order valence-corrected chi connectivity index (χ3v) is 4.87. The first-order valence-electron chi connectivity index (χ1n) is 7.29. The molecule has 1 saturated carbocycles. The molecule has 0 N–H and O–H groups in total. The number of aromatic nitrogens is 2. The SMILES string of the molecule is BrCC1CN(Cc2ccn(C3CCCC3)n2)CCO1. The lowest BCUT2D eigenvalue weighted by molar-refractivity contribution is -0.0185. The van der Waals surface area contributed by atoms with E-state index in [0.29, 0.717) is 12.1 Å². The van der Waals surface area contributed by atoms with Gasteiger partial charge in [0, 0.05) is 31.2 Å². The van der Waals surface area contributed by atoms with Crippen molar-refractivity contribution in [3.8, 4) is 0 Å². The van der Waals surface area contributed by atoms with Crippen LogP contribution < -0.4 is 0 Å². The van der Waals surface area contributed by atoms with E-state index in [9.17, 15) is 0 Å². The maximum atomic E-state index is 5.67. The number of rotatable bonds is 4. The zero-order valence-corrected chi connectivity index (χ0v) is 12.9. The van der Waals surface area contributed by atoms with Crippen LogP contribution in [-0.4, -0.2) is 45.8 Å². The average molecular weight is 328 g/mol. The summed E-state index contributed by atoms with van der Waals surface area (Å²) in [5.41, 5.74) is 1.20. The van der Waals surface area contributed by atoms with E-state index in [4.69, 9.17) is 9.84 Å². The van der Waals surface area contributed by atoms with Gasteiger partial charge in [0.2, 0.25) is 0 Å². The molecule has 5 heteroatoms. The van der Waals surface area contributed by atoms with E-state index in [1.807, 2.05) is 0 Å². The van der Waals surface area contributed by atoms with Crippen molar-refractivity contribution in [3.05, 3.63) is 18.0 Å². The molecule has 0 amide bonds. The van der Waals surface area contributed by atoms with Crippen molar-refractivity contribution >= 4 is 15.9 Å². The number of ether oxygens (including phenoxy) is 1. The predicted molar refractivity (Wildman–Crippen MR) is 78.5 cm³/mol. The van der Waals surface area contributed by atoms with Crippen molar-refractivity contribution < 1.29 is 4.74 Å². The number of hydrogen-bond donors (Lipinski definition) is 0. The summed E-state index contributed by atoms with van der Waals surface area (Å²) in [6.45, 7) is 3.80. The standard InChI is InChI=1S/C14H22BrN3O/c15-9-14-11-17(7-8-19-14)10-12-5-6-18(16-12)13-3-1-2-4-13/h5-6,13-14H,1-4,7-11H2. The summed E-state index contributed by atoms with van der Waals surface area (Å²) < 4.78 is 7.85. The molecule has 19 heavy (non-hydrogen) atoms. The molecule has 2 heterocycles. The van der Waals surface area contributed by atoms with Crippen LogP contribution in [0.15, 0.2) is 12.3 Å². The van der Waals surface area contributed by atoms with Gasteiger partial charge in [-0.3, -0.25) is 9.58 Å². The lowest BCUT2D eigenvalue weighted by Gasteiger charge is -2.31. The van der Waals surface area contributed by atoms with E-state index in [2.05, 4.69) is 37.8 Å². The third-order valence-electron chi connectivity index (χ3n) is 4.14. The van der Waals surface area contributed by atoms with Gasteiger partial charge in [-0.2, -0.15) is 5.10 Å². The Balaban J connectivity index is 1.57. The van der Waals surface area contributed by atoms with E-state index >= 15 is 0 Å². The van der Waals surface area contributed by atoms with Gasteiger partial charge in [0.15, 0.2) is 0 Å². The minimum atomic E-state index is 0.325. The Morgan fingerprint density at radius 3 is 3.00 bits per heavy atom. The van der Waals surface area contributed by atoms with Gasteiger partial charge in [-0.15, -0.1) is 0 Å². The highest BCUT2D eigenvalue weighted by Gasteiger charge is 2.21. The Morgan fingerprint density at radius 2 is 2.21 bits per heavy atom. The minimum Gasteiger partial charge on any atom is -0.375 e. The van der Waals surface area contributed by atoms with Crippen LogP contribution in [0, 0.1) is 0 Å². The molecule has 2 aliphatic rings. The van der Waals surface area contributed by atoms with Crippen molar-refractivity contribution in [3.63, 3.8) is 0 Å². The maximum Gasteiger partial charge on any atom is 0.0799 e. The number of halogens is 1. The Morgan fingerprint density at radius 1 is 1.37 bits per heavy atom. The highest BCUT2D eigenvalue weighted by atomic mass is 79.9. The van der Waals surface area contributed by atoms with Crippen molar-refractivity contribution in [2.75, 3.05) is 25.0 Å². The fourth-order valence-corrected chi connectivity index (χ4v) is 3.47. The zero-order valence-electron chi connectivity index (χ0n) is 11.3. The molecule has 1 saturated heterocycles. The van der Waals surface area contributed by atoms with Gasteiger partial charge in [-0.25, -0.2) is 0 Å². The molecule has 1 aliphatic carbocycles. The molecule has 4 nitrogen and oxygen atoms in total. The second-order valence-electron chi connectivity index (χ2n) is 5.61. The number of nitrogens with zero attached hydrogens (tertiary/aromatic N) is 3. The number of alkyl halides is 1. The summed E-state index contributed by atoms with van der Waals surface area (Å²) in [4.78, 5) is 2.44. The van der Waals surface area contributed by atoms with Crippen LogP contribution >= 0.6 is 15.9 Å². The van der Waals surface area contributed by atoms with Crippen LogP contribution in [-0.2, 0) is 11.3 Å². The first-order valence-corrected chi connectivity index (χ1v) is 8.41. The van der Waals surface area contributed by atoms with Crippen molar-refractivity contribution in [2.45, 2.75) is 44.4 Å². The van der Waals surface area contributed by atoms with E-state index in [-0.39, 0.29) is 0 Å². The molecule has 0 spiro atoms. The Labute approximate surface area is 123 Å². The van der Waals surface area contributed by atoms with Crippen molar-refractivity contribution in [2.24, 2.45) is 0 Å². The zero-order chi connectivity index (χ0) is 13.1. The van der Waals surface area contributed by atoms with Gasteiger partial charge in [0.1, 0.15) is 0 Å². The van der Waals surface area contributed by atoms with Crippen LogP contribution in [0.2, 0.25) is 0 Å². The molecule has 0 radical (unpaired) electrons. The van der Waals surface area contributed by atoms with E-state index in [1.54, 1.807) is 0 Å². The third kappa shape index (κ3) is 3.38. The van der Waals surface area contributed by atoms with Gasteiger partial charge in [0.05, 0.1) is 24.4 Å². The summed E-state index contributed by atoms with van der Waals surface area (Å²) in [6.07, 6.45) is 7.79. The number of hydrogen-bond acceptors (Lipinski definition) is 3. The summed E-state index contributed by atoms with van der Waals surface area (Å²) in [6, 6.07) is 2.82. The molecule has 1 unspecified atom stereocenters. The largest absolute Gasteiger partial charge is 0.375 e. The van der Waals surface area contributed by atoms with E-state index < -0.39 is 0 Å². The number of morpholine rings is 1. The fraction of sp³-hybridized carbons (Fsp3) is 0.786.